The molecule has 0 spiro atoms. The third kappa shape index (κ3) is 5.00. The second-order valence-corrected chi connectivity index (χ2v) is 6.29. The Kier molecular flexibility index (Phi) is 5.87. The molecule has 1 aromatic rings. The highest BCUT2D eigenvalue weighted by molar-refractivity contribution is 5.89. The summed E-state index contributed by atoms with van der Waals surface area (Å²) in [5, 5.41) is 25.9. The van der Waals surface area contributed by atoms with Gasteiger partial charge < -0.3 is 15.7 Å². The van der Waals surface area contributed by atoms with Crippen molar-refractivity contribution in [3.05, 3.63) is 34.4 Å². The van der Waals surface area contributed by atoms with Crippen LogP contribution in [0.5, 0.6) is 0 Å². The van der Waals surface area contributed by atoms with E-state index >= 15 is 0 Å². The predicted octanol–water partition coefficient (Wildman–Crippen LogP) is 2.76. The van der Waals surface area contributed by atoms with Gasteiger partial charge in [-0.25, -0.2) is 4.79 Å². The van der Waals surface area contributed by atoms with Crippen molar-refractivity contribution >= 4 is 17.4 Å². The van der Waals surface area contributed by atoms with Crippen LogP contribution in [0.1, 0.15) is 27.7 Å². The number of nitrogens with zero attached hydrogens (tertiary/aromatic N) is 1. The first kappa shape index (κ1) is 17.9. The molecule has 7 heteroatoms. The van der Waals surface area contributed by atoms with E-state index in [0.29, 0.717) is 12.2 Å². The van der Waals surface area contributed by atoms with Crippen molar-refractivity contribution in [2.24, 2.45) is 11.3 Å². The Morgan fingerprint density at radius 3 is 2.32 bits per heavy atom. The summed E-state index contributed by atoms with van der Waals surface area (Å²) in [6.07, 6.45) is -0.535. The molecule has 0 heterocycles. The van der Waals surface area contributed by atoms with Crippen LogP contribution in [0.3, 0.4) is 0 Å². The number of non-ortho nitro benzene ring substituents is 1. The van der Waals surface area contributed by atoms with Gasteiger partial charge in [0.1, 0.15) is 0 Å². The van der Waals surface area contributed by atoms with Crippen LogP contribution in [0.4, 0.5) is 16.2 Å². The summed E-state index contributed by atoms with van der Waals surface area (Å²) in [4.78, 5) is 21.9. The monoisotopic (exact) mass is 309 g/mol. The lowest BCUT2D eigenvalue weighted by molar-refractivity contribution is -0.384. The number of carbonyl (C=O) groups excluding carboxylic acids is 1. The quantitative estimate of drug-likeness (QED) is 0.555. The van der Waals surface area contributed by atoms with Gasteiger partial charge in [-0.1, -0.05) is 27.7 Å². The van der Waals surface area contributed by atoms with Crippen molar-refractivity contribution in [2.75, 3.05) is 11.9 Å². The first-order valence-corrected chi connectivity index (χ1v) is 7.11. The largest absolute Gasteiger partial charge is 0.392 e. The Bertz CT molecular complexity index is 526. The molecule has 22 heavy (non-hydrogen) atoms. The lowest BCUT2D eigenvalue weighted by Gasteiger charge is -2.33. The maximum absolute atomic E-state index is 11.8. The molecule has 3 N–H and O–H groups in total. The molecule has 0 radical (unpaired) electrons. The van der Waals surface area contributed by atoms with E-state index in [1.54, 1.807) is 0 Å². The first-order chi connectivity index (χ1) is 10.1. The van der Waals surface area contributed by atoms with Crippen molar-refractivity contribution in [2.45, 2.75) is 33.8 Å². The van der Waals surface area contributed by atoms with Gasteiger partial charge in [0.2, 0.25) is 0 Å². The van der Waals surface area contributed by atoms with Crippen LogP contribution >= 0.6 is 0 Å². The Morgan fingerprint density at radius 1 is 1.32 bits per heavy atom. The number of anilines is 1. The number of nitro benzene ring substituents is 1. The van der Waals surface area contributed by atoms with Crippen LogP contribution in [0.15, 0.2) is 24.3 Å². The average Bonchev–Trinajstić information content (AvgIpc) is 2.45. The zero-order chi connectivity index (χ0) is 16.9. The lowest BCUT2D eigenvalue weighted by atomic mass is 9.81. The van der Waals surface area contributed by atoms with E-state index in [2.05, 4.69) is 10.6 Å². The third-order valence-corrected chi connectivity index (χ3v) is 3.47. The summed E-state index contributed by atoms with van der Waals surface area (Å²) in [7, 11) is 0. The number of amides is 2. The zero-order valence-corrected chi connectivity index (χ0v) is 13.3. The van der Waals surface area contributed by atoms with Gasteiger partial charge in [-0.3, -0.25) is 10.1 Å². The molecule has 0 saturated heterocycles. The molecule has 0 aliphatic carbocycles. The van der Waals surface area contributed by atoms with Crippen LogP contribution in [-0.4, -0.2) is 28.7 Å². The Labute approximate surface area is 129 Å². The molecule has 2 amide bonds. The van der Waals surface area contributed by atoms with Crippen LogP contribution < -0.4 is 10.6 Å². The maximum atomic E-state index is 11.8. The van der Waals surface area contributed by atoms with Crippen LogP contribution in [0.25, 0.3) is 0 Å². The molecule has 1 aromatic carbocycles. The van der Waals surface area contributed by atoms with E-state index in [4.69, 9.17) is 0 Å². The van der Waals surface area contributed by atoms with Gasteiger partial charge in [0.05, 0.1) is 11.0 Å². The second kappa shape index (κ2) is 7.22. The topological polar surface area (TPSA) is 104 Å². The fraction of sp³-hybridized carbons (Fsp3) is 0.533. The number of benzene rings is 1. The molecule has 1 rings (SSSR count). The van der Waals surface area contributed by atoms with E-state index in [9.17, 15) is 20.0 Å². The fourth-order valence-corrected chi connectivity index (χ4v) is 2.16. The summed E-state index contributed by atoms with van der Waals surface area (Å²) in [6.45, 7) is 7.91. The second-order valence-electron chi connectivity index (χ2n) is 6.29. The van der Waals surface area contributed by atoms with Crippen molar-refractivity contribution in [3.8, 4) is 0 Å². The number of nitrogens with one attached hydrogen (secondary N) is 2. The minimum atomic E-state index is -0.535. The Morgan fingerprint density at radius 2 is 1.86 bits per heavy atom. The number of urea groups is 1. The lowest BCUT2D eigenvalue weighted by Crippen LogP contribution is -2.44. The highest BCUT2D eigenvalue weighted by Crippen LogP contribution is 2.25. The summed E-state index contributed by atoms with van der Waals surface area (Å²) in [5.74, 6) is 0.0922. The number of hydrogen-bond acceptors (Lipinski definition) is 4. The first-order valence-electron chi connectivity index (χ1n) is 7.11. The number of rotatable bonds is 6. The van der Waals surface area contributed by atoms with Gasteiger partial charge in [-0.15, -0.1) is 0 Å². The van der Waals surface area contributed by atoms with Crippen molar-refractivity contribution < 1.29 is 14.8 Å². The Hall–Kier alpha value is -2.15. The van der Waals surface area contributed by atoms with Crippen molar-refractivity contribution in [1.29, 1.82) is 0 Å². The number of nitro groups is 1. The molecule has 1 unspecified atom stereocenters. The maximum Gasteiger partial charge on any atom is 0.319 e. The van der Waals surface area contributed by atoms with Gasteiger partial charge in [0, 0.05) is 29.8 Å². The molecule has 7 nitrogen and oxygen atoms in total. The molecule has 122 valence electrons. The van der Waals surface area contributed by atoms with Crippen LogP contribution in [-0.2, 0) is 0 Å². The zero-order valence-electron chi connectivity index (χ0n) is 13.3. The highest BCUT2D eigenvalue weighted by atomic mass is 16.6. The SMILES string of the molecule is CC(C)C(O)C(C)(C)CNC(=O)Nc1ccc([N+](=O)[O-])cc1. The molecular weight excluding hydrogens is 286 g/mol. The minimum absolute atomic E-state index is 0.0350. The van der Waals surface area contributed by atoms with E-state index in [0.717, 1.165) is 0 Å². The minimum Gasteiger partial charge on any atom is -0.392 e. The van der Waals surface area contributed by atoms with Crippen LogP contribution in [0, 0.1) is 21.4 Å². The Balaban J connectivity index is 2.54. The molecule has 1 atom stereocenters. The summed E-state index contributed by atoms with van der Waals surface area (Å²) in [6, 6.07) is 5.15. The number of aliphatic hydroxyl groups excluding tert-OH is 1. The molecule has 0 fully saturated rings. The van der Waals surface area contributed by atoms with E-state index < -0.39 is 22.5 Å². The van der Waals surface area contributed by atoms with Gasteiger partial charge in [-0.05, 0) is 18.1 Å². The summed E-state index contributed by atoms with van der Waals surface area (Å²) in [5.41, 5.74) is -0.0292. The molecule has 0 saturated carbocycles. The molecule has 0 aromatic heterocycles. The predicted molar refractivity (Wildman–Crippen MR) is 84.7 cm³/mol. The van der Waals surface area contributed by atoms with E-state index in [-0.39, 0.29) is 11.6 Å². The molecule has 0 aliphatic rings. The highest BCUT2D eigenvalue weighted by Gasteiger charge is 2.30. The standard InChI is InChI=1S/C15H23N3O4/c1-10(2)13(19)15(3,4)9-16-14(20)17-11-5-7-12(8-6-11)18(21)22/h5-8,10,13,19H,9H2,1-4H3,(H2,16,17,20). The third-order valence-electron chi connectivity index (χ3n) is 3.47. The van der Waals surface area contributed by atoms with Crippen molar-refractivity contribution in [1.82, 2.24) is 5.32 Å². The fourth-order valence-electron chi connectivity index (χ4n) is 2.16. The van der Waals surface area contributed by atoms with Gasteiger partial charge in [0.25, 0.3) is 5.69 Å². The van der Waals surface area contributed by atoms with Crippen LogP contribution in [0.2, 0.25) is 0 Å². The summed E-state index contributed by atoms with van der Waals surface area (Å²) >= 11 is 0. The molecule has 0 bridgehead atoms. The number of carbonyl (C=O) groups is 1. The van der Waals surface area contributed by atoms with Gasteiger partial charge in [0.15, 0.2) is 0 Å². The van der Waals surface area contributed by atoms with Crippen molar-refractivity contribution in [3.63, 3.8) is 0 Å². The normalized spacial score (nSPS) is 12.8. The average molecular weight is 309 g/mol. The number of aliphatic hydroxyl groups is 1. The smallest absolute Gasteiger partial charge is 0.319 e. The molecule has 0 aliphatic heterocycles. The summed E-state index contributed by atoms with van der Waals surface area (Å²) < 4.78 is 0. The van der Waals surface area contributed by atoms with Gasteiger partial charge >= 0.3 is 6.03 Å². The van der Waals surface area contributed by atoms with E-state index in [1.807, 2.05) is 27.7 Å². The van der Waals surface area contributed by atoms with Gasteiger partial charge in [-0.2, -0.15) is 0 Å². The number of hydrogen-bond donors (Lipinski definition) is 3. The van der Waals surface area contributed by atoms with E-state index in [1.165, 1.54) is 24.3 Å². The molecular formula is C15H23N3O4.